The lowest BCUT2D eigenvalue weighted by molar-refractivity contribution is 0.0910. The highest BCUT2D eigenvalue weighted by molar-refractivity contribution is 6.31. The summed E-state index contributed by atoms with van der Waals surface area (Å²) in [6.07, 6.45) is 4.11. The van der Waals surface area contributed by atoms with Crippen molar-refractivity contribution in [1.82, 2.24) is 4.90 Å². The minimum atomic E-state index is -0.455. The molecule has 1 unspecified atom stereocenters. The molecule has 1 atom stereocenters. The predicted octanol–water partition coefficient (Wildman–Crippen LogP) is 4.28. The van der Waals surface area contributed by atoms with Gasteiger partial charge >= 0.3 is 0 Å². The van der Waals surface area contributed by atoms with Gasteiger partial charge in [-0.1, -0.05) is 50.1 Å². The molecule has 1 aromatic carbocycles. The topological polar surface area (TPSA) is 23.5 Å². The molecule has 2 rings (SSSR count). The van der Waals surface area contributed by atoms with Gasteiger partial charge in [0, 0.05) is 11.6 Å². The number of likely N-dealkylation sites (tertiary alicyclic amines) is 1. The van der Waals surface area contributed by atoms with Crippen LogP contribution in [0.3, 0.4) is 0 Å². The van der Waals surface area contributed by atoms with Crippen LogP contribution in [0.5, 0.6) is 0 Å². The largest absolute Gasteiger partial charge is 0.388 e. The minimum Gasteiger partial charge on any atom is -0.388 e. The summed E-state index contributed by atoms with van der Waals surface area (Å²) in [5.74, 6) is 0. The van der Waals surface area contributed by atoms with Crippen molar-refractivity contribution in [1.29, 1.82) is 0 Å². The van der Waals surface area contributed by atoms with E-state index in [1.54, 1.807) is 0 Å². The Morgan fingerprint density at radius 3 is 2.55 bits per heavy atom. The van der Waals surface area contributed by atoms with Crippen LogP contribution in [0.25, 0.3) is 0 Å². The maximum atomic E-state index is 10.3. The first-order valence-corrected chi connectivity index (χ1v) is 8.07. The summed E-state index contributed by atoms with van der Waals surface area (Å²) in [5, 5.41) is 10.9. The number of hydrogen-bond donors (Lipinski definition) is 1. The molecule has 20 heavy (non-hydrogen) atoms. The van der Waals surface area contributed by atoms with Gasteiger partial charge in [0.1, 0.15) is 0 Å². The molecule has 0 bridgehead atoms. The predicted molar refractivity (Wildman–Crippen MR) is 85.1 cm³/mol. The van der Waals surface area contributed by atoms with E-state index in [0.717, 1.165) is 31.6 Å². The molecule has 1 N–H and O–H groups in total. The van der Waals surface area contributed by atoms with E-state index in [4.69, 9.17) is 11.6 Å². The number of halogens is 1. The van der Waals surface area contributed by atoms with Crippen LogP contribution >= 0.6 is 11.6 Å². The normalized spacial score (nSPS) is 20.8. The molecule has 0 radical (unpaired) electrons. The first-order valence-electron chi connectivity index (χ1n) is 7.69. The molecule has 0 amide bonds. The molecule has 0 aromatic heterocycles. The summed E-state index contributed by atoms with van der Waals surface area (Å²) in [4.78, 5) is 2.47. The zero-order valence-electron chi connectivity index (χ0n) is 12.6. The molecule has 1 fully saturated rings. The molecule has 0 saturated carbocycles. The van der Waals surface area contributed by atoms with Crippen molar-refractivity contribution >= 4 is 11.6 Å². The van der Waals surface area contributed by atoms with Crippen molar-refractivity contribution in [3.63, 3.8) is 0 Å². The Labute approximate surface area is 127 Å². The number of piperidine rings is 1. The van der Waals surface area contributed by atoms with E-state index in [1.807, 2.05) is 24.3 Å². The first-order chi connectivity index (χ1) is 9.54. The van der Waals surface area contributed by atoms with Gasteiger partial charge < -0.3 is 10.0 Å². The fourth-order valence-corrected chi connectivity index (χ4v) is 3.14. The quantitative estimate of drug-likeness (QED) is 0.876. The lowest BCUT2D eigenvalue weighted by Crippen LogP contribution is -2.39. The zero-order chi connectivity index (χ0) is 14.6. The molecular formula is C17H26ClNO. The maximum absolute atomic E-state index is 10.3. The van der Waals surface area contributed by atoms with E-state index in [-0.39, 0.29) is 0 Å². The maximum Gasteiger partial charge on any atom is 0.0816 e. The van der Waals surface area contributed by atoms with Gasteiger partial charge in [-0.15, -0.1) is 0 Å². The number of hydrogen-bond acceptors (Lipinski definition) is 2. The molecule has 1 aliphatic heterocycles. The van der Waals surface area contributed by atoms with Gasteiger partial charge in [0.25, 0.3) is 0 Å². The van der Waals surface area contributed by atoms with Crippen LogP contribution in [-0.2, 0) is 0 Å². The second-order valence-corrected chi connectivity index (χ2v) is 6.74. The van der Waals surface area contributed by atoms with E-state index < -0.39 is 6.10 Å². The molecule has 1 saturated heterocycles. The number of nitrogens with zero attached hydrogens (tertiary/aromatic N) is 1. The third-order valence-electron chi connectivity index (χ3n) is 4.90. The second-order valence-electron chi connectivity index (χ2n) is 6.33. The smallest absolute Gasteiger partial charge is 0.0816 e. The number of aliphatic hydroxyl groups excluding tert-OH is 1. The fourth-order valence-electron chi connectivity index (χ4n) is 2.88. The Morgan fingerprint density at radius 1 is 1.30 bits per heavy atom. The van der Waals surface area contributed by atoms with E-state index >= 15 is 0 Å². The molecule has 1 heterocycles. The summed E-state index contributed by atoms with van der Waals surface area (Å²) in [6, 6.07) is 7.58. The molecule has 112 valence electrons. The monoisotopic (exact) mass is 295 g/mol. The Bertz CT molecular complexity index is 427. The van der Waals surface area contributed by atoms with E-state index in [2.05, 4.69) is 18.7 Å². The molecule has 2 nitrogen and oxygen atoms in total. The van der Waals surface area contributed by atoms with Crippen LogP contribution < -0.4 is 0 Å². The number of rotatable bonds is 5. The third kappa shape index (κ3) is 3.97. The van der Waals surface area contributed by atoms with Crippen molar-refractivity contribution in [3.05, 3.63) is 34.9 Å². The lowest BCUT2D eigenvalue weighted by Gasteiger charge is -2.39. The van der Waals surface area contributed by atoms with Crippen LogP contribution in [0, 0.1) is 5.41 Å². The summed E-state index contributed by atoms with van der Waals surface area (Å²) in [6.45, 7) is 7.94. The van der Waals surface area contributed by atoms with Crippen molar-refractivity contribution < 1.29 is 5.11 Å². The van der Waals surface area contributed by atoms with Gasteiger partial charge in [-0.25, -0.2) is 0 Å². The Kier molecular flexibility index (Phi) is 5.48. The van der Waals surface area contributed by atoms with Gasteiger partial charge in [-0.2, -0.15) is 0 Å². The van der Waals surface area contributed by atoms with Gasteiger partial charge in [-0.05, 0) is 49.4 Å². The summed E-state index contributed by atoms with van der Waals surface area (Å²) < 4.78 is 0. The highest BCUT2D eigenvalue weighted by atomic mass is 35.5. The SMILES string of the molecule is CCC1(C)CCN(CCC(O)c2ccccc2Cl)CC1. The summed E-state index contributed by atoms with van der Waals surface area (Å²) >= 11 is 6.12. The van der Waals surface area contributed by atoms with Gasteiger partial charge in [0.15, 0.2) is 0 Å². The minimum absolute atomic E-state index is 0.455. The van der Waals surface area contributed by atoms with Gasteiger partial charge in [0.05, 0.1) is 6.10 Å². The standard InChI is InChI=1S/C17H26ClNO/c1-3-17(2)9-12-19(13-10-17)11-8-16(20)14-6-4-5-7-15(14)18/h4-7,16,20H,3,8-13H2,1-2H3. The Hall–Kier alpha value is -0.570. The van der Waals surface area contributed by atoms with Crippen molar-refractivity contribution in [2.24, 2.45) is 5.41 Å². The lowest BCUT2D eigenvalue weighted by atomic mass is 9.78. The average Bonchev–Trinajstić information content (AvgIpc) is 2.47. The van der Waals surface area contributed by atoms with Crippen LogP contribution in [0.1, 0.15) is 51.2 Å². The van der Waals surface area contributed by atoms with Crippen LogP contribution in [0.2, 0.25) is 5.02 Å². The highest BCUT2D eigenvalue weighted by Gasteiger charge is 2.28. The zero-order valence-corrected chi connectivity index (χ0v) is 13.4. The summed E-state index contributed by atoms with van der Waals surface area (Å²) in [7, 11) is 0. The van der Waals surface area contributed by atoms with E-state index in [0.29, 0.717) is 10.4 Å². The van der Waals surface area contributed by atoms with Crippen LogP contribution in [0.15, 0.2) is 24.3 Å². The first kappa shape index (κ1) is 15.8. The molecule has 0 spiro atoms. The van der Waals surface area contributed by atoms with E-state index in [1.165, 1.54) is 19.3 Å². The van der Waals surface area contributed by atoms with Gasteiger partial charge in [-0.3, -0.25) is 0 Å². The molecular weight excluding hydrogens is 270 g/mol. The summed E-state index contributed by atoms with van der Waals surface area (Å²) in [5.41, 5.74) is 1.38. The van der Waals surface area contributed by atoms with Crippen molar-refractivity contribution in [2.45, 2.75) is 45.6 Å². The highest BCUT2D eigenvalue weighted by Crippen LogP contribution is 2.34. The van der Waals surface area contributed by atoms with E-state index in [9.17, 15) is 5.11 Å². The Morgan fingerprint density at radius 2 is 1.95 bits per heavy atom. The molecule has 1 aromatic rings. The number of benzene rings is 1. The molecule has 3 heteroatoms. The van der Waals surface area contributed by atoms with Gasteiger partial charge in [0.2, 0.25) is 0 Å². The van der Waals surface area contributed by atoms with Crippen LogP contribution in [-0.4, -0.2) is 29.6 Å². The van der Waals surface area contributed by atoms with Crippen molar-refractivity contribution in [2.75, 3.05) is 19.6 Å². The van der Waals surface area contributed by atoms with Crippen LogP contribution in [0.4, 0.5) is 0 Å². The fraction of sp³-hybridized carbons (Fsp3) is 0.647. The Balaban J connectivity index is 1.80. The average molecular weight is 296 g/mol. The third-order valence-corrected chi connectivity index (χ3v) is 5.24. The second kappa shape index (κ2) is 6.93. The molecule has 1 aliphatic rings. The van der Waals surface area contributed by atoms with Crippen molar-refractivity contribution in [3.8, 4) is 0 Å². The molecule has 0 aliphatic carbocycles. The number of aliphatic hydroxyl groups is 1.